The van der Waals surface area contributed by atoms with Crippen LogP contribution in [-0.2, 0) is 18.0 Å². The Hall–Kier alpha value is -2.97. The van der Waals surface area contributed by atoms with Crippen molar-refractivity contribution in [2.75, 3.05) is 0 Å². The van der Waals surface area contributed by atoms with Crippen molar-refractivity contribution in [2.24, 2.45) is 0 Å². The van der Waals surface area contributed by atoms with E-state index in [1.165, 1.54) is 12.3 Å². The van der Waals surface area contributed by atoms with E-state index in [-0.39, 0.29) is 18.2 Å². The molecule has 0 spiro atoms. The Morgan fingerprint density at radius 3 is 2.82 bits per heavy atom. The molecule has 0 N–H and O–H groups in total. The third-order valence-electron chi connectivity index (χ3n) is 4.20. The largest absolute Gasteiger partial charge is 0.481 e. The predicted octanol–water partition coefficient (Wildman–Crippen LogP) is 4.94. The number of aromatic nitrogens is 1. The van der Waals surface area contributed by atoms with E-state index in [2.05, 4.69) is 20.9 Å². The summed E-state index contributed by atoms with van der Waals surface area (Å²) in [6.45, 7) is 0.476. The molecule has 1 aliphatic rings. The fourth-order valence-electron chi connectivity index (χ4n) is 2.95. The van der Waals surface area contributed by atoms with Crippen LogP contribution in [0.4, 0.5) is 5.82 Å². The number of fused-ring (bicyclic) bond motifs is 1. The SMILES string of the molecule is O=[N+]([O-])c1ncccc1OCc1cc(Br)cc2c1O[C@@H](c1ccccc1)OC2. The van der Waals surface area contributed by atoms with Crippen LogP contribution in [0.25, 0.3) is 0 Å². The lowest BCUT2D eigenvalue weighted by atomic mass is 10.1. The molecule has 1 aromatic heterocycles. The van der Waals surface area contributed by atoms with Gasteiger partial charge in [-0.3, -0.25) is 0 Å². The fourth-order valence-corrected chi connectivity index (χ4v) is 3.50. The number of hydrogen-bond acceptors (Lipinski definition) is 6. The topological polar surface area (TPSA) is 83.7 Å². The van der Waals surface area contributed by atoms with Crippen LogP contribution in [0.5, 0.6) is 11.5 Å². The van der Waals surface area contributed by atoms with Crippen molar-refractivity contribution in [3.05, 3.63) is 92.1 Å². The van der Waals surface area contributed by atoms with Gasteiger partial charge in [-0.2, -0.15) is 0 Å². The van der Waals surface area contributed by atoms with Crippen molar-refractivity contribution in [2.45, 2.75) is 19.5 Å². The van der Waals surface area contributed by atoms with Crippen molar-refractivity contribution in [3.8, 4) is 11.5 Å². The van der Waals surface area contributed by atoms with Gasteiger partial charge in [0.1, 0.15) is 18.6 Å². The molecule has 0 aliphatic carbocycles. The maximum Gasteiger partial charge on any atom is 0.406 e. The standard InChI is InChI=1S/C20H15BrN2O5/c21-16-9-14(11-26-17-7-4-8-22-19(17)23(24)25)18-15(10-16)12-27-20(28-18)13-5-2-1-3-6-13/h1-10,20H,11-12H2/t20-/m0/s1. The van der Waals surface area contributed by atoms with Crippen LogP contribution in [0.3, 0.4) is 0 Å². The molecular weight excluding hydrogens is 428 g/mol. The molecule has 142 valence electrons. The zero-order valence-corrected chi connectivity index (χ0v) is 16.2. The summed E-state index contributed by atoms with van der Waals surface area (Å²) in [4.78, 5) is 14.3. The molecule has 0 saturated heterocycles. The lowest BCUT2D eigenvalue weighted by Gasteiger charge is -2.28. The second kappa shape index (κ2) is 7.95. The van der Waals surface area contributed by atoms with Crippen molar-refractivity contribution in [3.63, 3.8) is 0 Å². The highest BCUT2D eigenvalue weighted by atomic mass is 79.9. The summed E-state index contributed by atoms with van der Waals surface area (Å²) in [6, 6.07) is 16.5. The summed E-state index contributed by atoms with van der Waals surface area (Å²) in [7, 11) is 0. The highest BCUT2D eigenvalue weighted by Crippen LogP contribution is 2.38. The molecule has 1 atom stereocenters. The molecule has 3 aromatic rings. The van der Waals surface area contributed by atoms with Gasteiger partial charge >= 0.3 is 5.82 Å². The Labute approximate surface area is 169 Å². The van der Waals surface area contributed by atoms with E-state index in [0.29, 0.717) is 12.4 Å². The maximum absolute atomic E-state index is 11.1. The van der Waals surface area contributed by atoms with Gasteiger partial charge in [0.05, 0.1) is 6.61 Å². The summed E-state index contributed by atoms with van der Waals surface area (Å²) in [5.41, 5.74) is 2.54. The molecular formula is C20H15BrN2O5. The molecule has 2 heterocycles. The van der Waals surface area contributed by atoms with Crippen LogP contribution in [0, 0.1) is 10.1 Å². The first kappa shape index (κ1) is 18.4. The van der Waals surface area contributed by atoms with E-state index in [0.717, 1.165) is 21.2 Å². The van der Waals surface area contributed by atoms with E-state index in [1.807, 2.05) is 42.5 Å². The minimum atomic E-state index is -0.568. The molecule has 0 unspecified atom stereocenters. The van der Waals surface area contributed by atoms with E-state index in [4.69, 9.17) is 14.2 Å². The van der Waals surface area contributed by atoms with Crippen molar-refractivity contribution in [1.29, 1.82) is 0 Å². The Kier molecular flexibility index (Phi) is 5.23. The Morgan fingerprint density at radius 2 is 2.04 bits per heavy atom. The van der Waals surface area contributed by atoms with Crippen LogP contribution in [0.1, 0.15) is 23.0 Å². The van der Waals surface area contributed by atoms with Crippen LogP contribution in [0.2, 0.25) is 0 Å². The first-order chi connectivity index (χ1) is 13.6. The normalized spacial score (nSPS) is 15.4. The van der Waals surface area contributed by atoms with Crippen LogP contribution >= 0.6 is 15.9 Å². The van der Waals surface area contributed by atoms with Gasteiger partial charge in [0.15, 0.2) is 0 Å². The van der Waals surface area contributed by atoms with Gasteiger partial charge < -0.3 is 24.3 Å². The molecule has 0 bridgehead atoms. The highest BCUT2D eigenvalue weighted by molar-refractivity contribution is 9.10. The maximum atomic E-state index is 11.1. The molecule has 28 heavy (non-hydrogen) atoms. The minimum Gasteiger partial charge on any atom is -0.481 e. The second-order valence-corrected chi connectivity index (χ2v) is 7.01. The Morgan fingerprint density at radius 1 is 1.21 bits per heavy atom. The average Bonchev–Trinajstić information content (AvgIpc) is 2.72. The monoisotopic (exact) mass is 442 g/mol. The van der Waals surface area contributed by atoms with E-state index in [1.54, 1.807) is 6.07 Å². The molecule has 1 aliphatic heterocycles. The minimum absolute atomic E-state index is 0.0931. The molecule has 4 rings (SSSR count). The van der Waals surface area contributed by atoms with Gasteiger partial charge in [-0.25, -0.2) is 0 Å². The predicted molar refractivity (Wildman–Crippen MR) is 104 cm³/mol. The average molecular weight is 443 g/mol. The quantitative estimate of drug-likeness (QED) is 0.410. The Bertz CT molecular complexity index is 1010. The third kappa shape index (κ3) is 3.83. The first-order valence-electron chi connectivity index (χ1n) is 8.48. The zero-order valence-electron chi connectivity index (χ0n) is 14.6. The van der Waals surface area contributed by atoms with Crippen LogP contribution in [0.15, 0.2) is 65.3 Å². The molecule has 0 radical (unpaired) electrons. The summed E-state index contributed by atoms with van der Waals surface area (Å²) in [5.74, 6) is 0.445. The third-order valence-corrected chi connectivity index (χ3v) is 4.66. The number of nitrogens with zero attached hydrogens (tertiary/aromatic N) is 2. The molecule has 0 saturated carbocycles. The molecule has 2 aromatic carbocycles. The van der Waals surface area contributed by atoms with Gasteiger partial charge in [-0.15, -0.1) is 0 Å². The molecule has 7 nitrogen and oxygen atoms in total. The smallest absolute Gasteiger partial charge is 0.406 e. The van der Waals surface area contributed by atoms with Gasteiger partial charge in [-0.05, 0) is 34.2 Å². The lowest BCUT2D eigenvalue weighted by Crippen LogP contribution is -2.19. The van der Waals surface area contributed by atoms with Crippen molar-refractivity contribution < 1.29 is 19.1 Å². The summed E-state index contributed by atoms with van der Waals surface area (Å²) in [5, 5.41) is 11.1. The number of ether oxygens (including phenoxy) is 3. The van der Waals surface area contributed by atoms with Crippen LogP contribution in [-0.4, -0.2) is 9.91 Å². The number of hydrogen-bond donors (Lipinski definition) is 0. The molecule has 0 fully saturated rings. The van der Waals surface area contributed by atoms with Crippen LogP contribution < -0.4 is 9.47 Å². The van der Waals surface area contributed by atoms with E-state index < -0.39 is 11.2 Å². The molecule has 0 amide bonds. The highest BCUT2D eigenvalue weighted by Gasteiger charge is 2.25. The van der Waals surface area contributed by atoms with Crippen molar-refractivity contribution in [1.82, 2.24) is 4.98 Å². The summed E-state index contributed by atoms with van der Waals surface area (Å²) >= 11 is 3.48. The van der Waals surface area contributed by atoms with Gasteiger partial charge in [0, 0.05) is 21.2 Å². The second-order valence-electron chi connectivity index (χ2n) is 6.10. The Balaban J connectivity index is 1.61. The number of pyridine rings is 1. The number of nitro groups is 1. The van der Waals surface area contributed by atoms with Gasteiger partial charge in [0.25, 0.3) is 0 Å². The lowest BCUT2D eigenvalue weighted by molar-refractivity contribution is -0.390. The van der Waals surface area contributed by atoms with Gasteiger partial charge in [-0.1, -0.05) is 46.3 Å². The number of rotatable bonds is 5. The summed E-state index contributed by atoms with van der Waals surface area (Å²) in [6.07, 6.45) is 0.831. The van der Waals surface area contributed by atoms with E-state index in [9.17, 15) is 10.1 Å². The first-order valence-corrected chi connectivity index (χ1v) is 9.28. The zero-order chi connectivity index (χ0) is 19.5. The van der Waals surface area contributed by atoms with E-state index >= 15 is 0 Å². The number of halogens is 1. The fraction of sp³-hybridized carbons (Fsp3) is 0.150. The van der Waals surface area contributed by atoms with Gasteiger partial charge in [0.2, 0.25) is 12.0 Å². The molecule has 8 heteroatoms. The summed E-state index contributed by atoms with van der Waals surface area (Å²) < 4.78 is 18.5. The van der Waals surface area contributed by atoms with Crippen molar-refractivity contribution >= 4 is 21.7 Å². The number of benzene rings is 2.